The van der Waals surface area contributed by atoms with Crippen LogP contribution in [0.2, 0.25) is 0 Å². The molecule has 3 rings (SSSR count). The number of benzene rings is 1. The quantitative estimate of drug-likeness (QED) is 0.597. The largest absolute Gasteiger partial charge is 0.376 e. The van der Waals surface area contributed by atoms with Crippen LogP contribution in [0.5, 0.6) is 0 Å². The van der Waals surface area contributed by atoms with Crippen molar-refractivity contribution < 1.29 is 19.1 Å². The zero-order chi connectivity index (χ0) is 17.8. The smallest absolute Gasteiger partial charge is 0.261 e. The molecular formula is C17H19N3O4S. The normalized spacial score (nSPS) is 19.0. The Morgan fingerprint density at radius 3 is 2.52 bits per heavy atom. The van der Waals surface area contributed by atoms with Gasteiger partial charge in [0, 0.05) is 26.1 Å². The third-order valence-electron chi connectivity index (χ3n) is 4.21. The molecule has 1 fully saturated rings. The van der Waals surface area contributed by atoms with Crippen LogP contribution in [0.15, 0.2) is 24.3 Å². The van der Waals surface area contributed by atoms with Gasteiger partial charge in [0.2, 0.25) is 5.91 Å². The number of thiocarbonyl (C=S) groups is 1. The molecule has 2 N–H and O–H groups in total. The molecule has 0 aromatic heterocycles. The average Bonchev–Trinajstić information content (AvgIpc) is 3.20. The first-order chi connectivity index (χ1) is 12.1. The van der Waals surface area contributed by atoms with E-state index in [9.17, 15) is 14.4 Å². The maximum Gasteiger partial charge on any atom is 0.261 e. The second-order valence-electron chi connectivity index (χ2n) is 5.95. The van der Waals surface area contributed by atoms with Crippen molar-refractivity contribution in [1.82, 2.24) is 15.5 Å². The van der Waals surface area contributed by atoms with Crippen molar-refractivity contribution in [2.45, 2.75) is 25.4 Å². The number of nitrogens with zero attached hydrogens (tertiary/aromatic N) is 1. The van der Waals surface area contributed by atoms with Crippen LogP contribution in [0.3, 0.4) is 0 Å². The zero-order valence-corrected chi connectivity index (χ0v) is 14.4. The van der Waals surface area contributed by atoms with E-state index in [1.165, 1.54) is 0 Å². The Labute approximate surface area is 150 Å². The summed E-state index contributed by atoms with van der Waals surface area (Å²) in [4.78, 5) is 37.5. The number of hydrogen-bond acceptors (Lipinski definition) is 5. The van der Waals surface area contributed by atoms with E-state index in [1.807, 2.05) is 0 Å². The minimum absolute atomic E-state index is 0.00673. The standard InChI is InChI=1S/C17H19N3O4S/c21-14(19-17(25)18-10-11-4-3-9-24-11)7-8-20-15(22)12-5-1-2-6-13(12)16(20)23/h1-2,5-6,11H,3-4,7-10H2,(H2,18,19,21,25). The number of ether oxygens (including phenoxy) is 1. The Morgan fingerprint density at radius 2 is 1.92 bits per heavy atom. The first-order valence-electron chi connectivity index (χ1n) is 8.21. The number of hydrogen-bond donors (Lipinski definition) is 2. The van der Waals surface area contributed by atoms with E-state index in [0.29, 0.717) is 17.7 Å². The number of carbonyl (C=O) groups is 3. The van der Waals surface area contributed by atoms with Crippen molar-refractivity contribution in [3.05, 3.63) is 35.4 Å². The highest BCUT2D eigenvalue weighted by molar-refractivity contribution is 7.80. The van der Waals surface area contributed by atoms with Gasteiger partial charge in [-0.05, 0) is 37.2 Å². The monoisotopic (exact) mass is 361 g/mol. The third kappa shape index (κ3) is 4.02. The zero-order valence-electron chi connectivity index (χ0n) is 13.6. The van der Waals surface area contributed by atoms with Crippen molar-refractivity contribution in [2.75, 3.05) is 19.7 Å². The average molecular weight is 361 g/mol. The molecule has 0 spiro atoms. The number of imide groups is 1. The maximum atomic E-state index is 12.2. The van der Waals surface area contributed by atoms with Crippen LogP contribution in [0.4, 0.5) is 0 Å². The molecule has 1 unspecified atom stereocenters. The van der Waals surface area contributed by atoms with E-state index in [-0.39, 0.29) is 41.9 Å². The maximum absolute atomic E-state index is 12.2. The van der Waals surface area contributed by atoms with Crippen molar-refractivity contribution in [3.63, 3.8) is 0 Å². The topological polar surface area (TPSA) is 87.7 Å². The summed E-state index contributed by atoms with van der Waals surface area (Å²) in [5.41, 5.74) is 0.753. The van der Waals surface area contributed by atoms with Crippen molar-refractivity contribution in [3.8, 4) is 0 Å². The molecule has 7 nitrogen and oxygen atoms in total. The highest BCUT2D eigenvalue weighted by Gasteiger charge is 2.34. The van der Waals surface area contributed by atoms with Crippen molar-refractivity contribution >= 4 is 35.1 Å². The molecule has 1 saturated heterocycles. The highest BCUT2D eigenvalue weighted by atomic mass is 32.1. The molecule has 2 aliphatic rings. The van der Waals surface area contributed by atoms with Gasteiger partial charge in [-0.3, -0.25) is 19.3 Å². The van der Waals surface area contributed by atoms with Gasteiger partial charge in [0.05, 0.1) is 17.2 Å². The summed E-state index contributed by atoms with van der Waals surface area (Å²) in [7, 11) is 0. The van der Waals surface area contributed by atoms with Crippen molar-refractivity contribution in [2.24, 2.45) is 0 Å². The van der Waals surface area contributed by atoms with Gasteiger partial charge in [-0.25, -0.2) is 0 Å². The SMILES string of the molecule is O=C(CCN1C(=O)c2ccccc2C1=O)NC(=S)NCC1CCCO1. The molecule has 0 aliphatic carbocycles. The molecule has 2 aliphatic heterocycles. The van der Waals surface area contributed by atoms with E-state index in [1.54, 1.807) is 24.3 Å². The van der Waals surface area contributed by atoms with E-state index in [4.69, 9.17) is 17.0 Å². The van der Waals surface area contributed by atoms with Gasteiger partial charge in [0.1, 0.15) is 0 Å². The number of carbonyl (C=O) groups excluding carboxylic acids is 3. The lowest BCUT2D eigenvalue weighted by atomic mass is 10.1. The second-order valence-corrected chi connectivity index (χ2v) is 6.36. The number of rotatable bonds is 5. The Balaban J connectivity index is 1.44. The first-order valence-corrected chi connectivity index (χ1v) is 8.61. The van der Waals surface area contributed by atoms with Crippen LogP contribution in [0.1, 0.15) is 40.0 Å². The molecule has 1 atom stereocenters. The molecule has 132 valence electrons. The lowest BCUT2D eigenvalue weighted by molar-refractivity contribution is -0.119. The molecule has 25 heavy (non-hydrogen) atoms. The van der Waals surface area contributed by atoms with Crippen LogP contribution in [0.25, 0.3) is 0 Å². The van der Waals surface area contributed by atoms with Gasteiger partial charge in [-0.2, -0.15) is 0 Å². The summed E-state index contributed by atoms with van der Waals surface area (Å²) in [5.74, 6) is -1.08. The fourth-order valence-electron chi connectivity index (χ4n) is 2.90. The van der Waals surface area contributed by atoms with Gasteiger partial charge in [0.25, 0.3) is 11.8 Å². The molecule has 1 aromatic carbocycles. The molecule has 0 radical (unpaired) electrons. The summed E-state index contributed by atoms with van der Waals surface area (Å²) in [6.07, 6.45) is 2.12. The molecule has 2 heterocycles. The summed E-state index contributed by atoms with van der Waals surface area (Å²) >= 11 is 5.07. The van der Waals surface area contributed by atoms with Crippen molar-refractivity contribution in [1.29, 1.82) is 0 Å². The second kappa shape index (κ2) is 7.71. The third-order valence-corrected chi connectivity index (χ3v) is 4.45. The number of amides is 3. The van der Waals surface area contributed by atoms with E-state index < -0.39 is 0 Å². The van der Waals surface area contributed by atoms with Crippen LogP contribution >= 0.6 is 12.2 Å². The fourth-order valence-corrected chi connectivity index (χ4v) is 3.10. The summed E-state index contributed by atoms with van der Waals surface area (Å²) < 4.78 is 5.46. The number of fused-ring (bicyclic) bond motifs is 1. The highest BCUT2D eigenvalue weighted by Crippen LogP contribution is 2.22. The van der Waals surface area contributed by atoms with Crippen LogP contribution in [-0.4, -0.2) is 53.5 Å². The predicted octanol–water partition coefficient (Wildman–Crippen LogP) is 0.842. The van der Waals surface area contributed by atoms with Gasteiger partial charge < -0.3 is 15.4 Å². The van der Waals surface area contributed by atoms with Gasteiger partial charge in [-0.15, -0.1) is 0 Å². The minimum Gasteiger partial charge on any atom is -0.376 e. The molecule has 3 amide bonds. The Kier molecular flexibility index (Phi) is 5.40. The lowest BCUT2D eigenvalue weighted by Gasteiger charge is -2.15. The molecule has 0 saturated carbocycles. The molecular weight excluding hydrogens is 342 g/mol. The summed E-state index contributed by atoms with van der Waals surface area (Å²) in [6, 6.07) is 6.64. The Hall–Kier alpha value is -2.32. The minimum atomic E-state index is -0.368. The Morgan fingerprint density at radius 1 is 1.24 bits per heavy atom. The van der Waals surface area contributed by atoms with E-state index in [2.05, 4.69) is 10.6 Å². The first kappa shape index (κ1) is 17.5. The van der Waals surface area contributed by atoms with Crippen LogP contribution < -0.4 is 10.6 Å². The van der Waals surface area contributed by atoms with Crippen LogP contribution in [0, 0.1) is 0 Å². The summed E-state index contributed by atoms with van der Waals surface area (Å²) in [6.45, 7) is 1.33. The molecule has 1 aromatic rings. The van der Waals surface area contributed by atoms with E-state index in [0.717, 1.165) is 24.3 Å². The molecule has 0 bridgehead atoms. The van der Waals surface area contributed by atoms with Gasteiger partial charge in [-0.1, -0.05) is 12.1 Å². The summed E-state index contributed by atoms with van der Waals surface area (Å²) in [5, 5.41) is 5.72. The van der Waals surface area contributed by atoms with E-state index >= 15 is 0 Å². The Bertz CT molecular complexity index is 681. The van der Waals surface area contributed by atoms with Crippen LogP contribution in [-0.2, 0) is 9.53 Å². The fraction of sp³-hybridized carbons (Fsp3) is 0.412. The predicted molar refractivity (Wildman–Crippen MR) is 94.1 cm³/mol. The van der Waals surface area contributed by atoms with Gasteiger partial charge >= 0.3 is 0 Å². The van der Waals surface area contributed by atoms with Gasteiger partial charge in [0.15, 0.2) is 5.11 Å². The molecule has 8 heteroatoms. The lowest BCUT2D eigenvalue weighted by Crippen LogP contribution is -2.43. The number of nitrogens with one attached hydrogen (secondary N) is 2.